The van der Waals surface area contributed by atoms with Crippen molar-refractivity contribution >= 4 is 28.5 Å². The molecule has 5 rings (SSSR count). The largest absolute Gasteiger partial charge is 0.341 e. The summed E-state index contributed by atoms with van der Waals surface area (Å²) < 4.78 is 16.2. The highest BCUT2D eigenvalue weighted by atomic mass is 19.1. The standard InChI is InChI=1S/C23H23FN4O2/c24-17-7-1-3-9-19(17)27-14-16(13-21(27)29)23-25-18-8-2-4-10-20(18)28(23)15-22(30)26-11-5-6-12-26/h1-4,7-10,16H,5-6,11-15H2. The van der Waals surface area contributed by atoms with Crippen molar-refractivity contribution in [2.75, 3.05) is 24.5 Å². The topological polar surface area (TPSA) is 58.4 Å². The molecule has 0 spiro atoms. The number of hydrogen-bond donors (Lipinski definition) is 0. The summed E-state index contributed by atoms with van der Waals surface area (Å²) in [5.41, 5.74) is 1.98. The van der Waals surface area contributed by atoms with E-state index in [2.05, 4.69) is 0 Å². The van der Waals surface area contributed by atoms with Gasteiger partial charge in [0.1, 0.15) is 18.2 Å². The summed E-state index contributed by atoms with van der Waals surface area (Å²) in [6.07, 6.45) is 2.32. The molecule has 2 saturated heterocycles. The molecule has 2 fully saturated rings. The molecule has 1 aromatic heterocycles. The number of amides is 2. The molecule has 2 aliphatic heterocycles. The number of anilines is 1. The fraction of sp³-hybridized carbons (Fsp3) is 0.348. The number of hydrogen-bond acceptors (Lipinski definition) is 3. The molecule has 154 valence electrons. The Kier molecular flexibility index (Phi) is 4.73. The molecule has 0 N–H and O–H groups in total. The SMILES string of the molecule is O=C(Cn1c(C2CC(=O)N(c3ccccc3F)C2)nc2ccccc21)N1CCCC1. The van der Waals surface area contributed by atoms with Crippen LogP contribution in [-0.2, 0) is 16.1 Å². The Morgan fingerprint density at radius 1 is 1.07 bits per heavy atom. The van der Waals surface area contributed by atoms with Gasteiger partial charge in [-0.1, -0.05) is 24.3 Å². The predicted molar refractivity (Wildman–Crippen MR) is 112 cm³/mol. The van der Waals surface area contributed by atoms with E-state index in [1.807, 2.05) is 33.7 Å². The van der Waals surface area contributed by atoms with E-state index in [0.717, 1.165) is 42.8 Å². The molecule has 1 unspecified atom stereocenters. The Bertz CT molecular complexity index is 1120. The van der Waals surface area contributed by atoms with E-state index >= 15 is 0 Å². The van der Waals surface area contributed by atoms with Gasteiger partial charge in [-0.05, 0) is 37.1 Å². The van der Waals surface area contributed by atoms with Gasteiger partial charge >= 0.3 is 0 Å². The van der Waals surface area contributed by atoms with Crippen molar-refractivity contribution in [3.8, 4) is 0 Å². The van der Waals surface area contributed by atoms with Gasteiger partial charge in [-0.2, -0.15) is 0 Å². The highest BCUT2D eigenvalue weighted by Gasteiger charge is 2.36. The second kappa shape index (κ2) is 7.55. The van der Waals surface area contributed by atoms with Crippen molar-refractivity contribution in [2.45, 2.75) is 31.7 Å². The van der Waals surface area contributed by atoms with Crippen molar-refractivity contribution in [3.63, 3.8) is 0 Å². The molecule has 3 aromatic rings. The van der Waals surface area contributed by atoms with Gasteiger partial charge < -0.3 is 14.4 Å². The van der Waals surface area contributed by atoms with Crippen molar-refractivity contribution in [1.82, 2.24) is 14.5 Å². The van der Waals surface area contributed by atoms with Crippen LogP contribution in [0.15, 0.2) is 48.5 Å². The van der Waals surface area contributed by atoms with Crippen molar-refractivity contribution in [3.05, 3.63) is 60.2 Å². The van der Waals surface area contributed by atoms with E-state index in [9.17, 15) is 14.0 Å². The molecule has 30 heavy (non-hydrogen) atoms. The Morgan fingerprint density at radius 2 is 1.80 bits per heavy atom. The third-order valence-electron chi connectivity index (χ3n) is 6.07. The maximum absolute atomic E-state index is 14.3. The zero-order valence-electron chi connectivity index (χ0n) is 16.6. The third-order valence-corrected chi connectivity index (χ3v) is 6.07. The van der Waals surface area contributed by atoms with Crippen LogP contribution in [0.3, 0.4) is 0 Å². The molecule has 0 saturated carbocycles. The van der Waals surface area contributed by atoms with Gasteiger partial charge in [0.2, 0.25) is 11.8 Å². The van der Waals surface area contributed by atoms with E-state index < -0.39 is 5.82 Å². The van der Waals surface area contributed by atoms with E-state index in [1.54, 1.807) is 18.2 Å². The molecular weight excluding hydrogens is 383 g/mol. The molecule has 2 aliphatic rings. The quantitative estimate of drug-likeness (QED) is 0.668. The second-order valence-corrected chi connectivity index (χ2v) is 7.99. The average Bonchev–Trinajstić information content (AvgIpc) is 3.48. The first-order valence-electron chi connectivity index (χ1n) is 10.4. The fourth-order valence-electron chi connectivity index (χ4n) is 4.56. The number of fused-ring (bicyclic) bond motifs is 1. The summed E-state index contributed by atoms with van der Waals surface area (Å²) in [6, 6.07) is 14.0. The van der Waals surface area contributed by atoms with Gasteiger partial charge in [-0.25, -0.2) is 9.37 Å². The summed E-state index contributed by atoms with van der Waals surface area (Å²) >= 11 is 0. The Morgan fingerprint density at radius 3 is 2.60 bits per heavy atom. The van der Waals surface area contributed by atoms with Crippen LogP contribution in [0.4, 0.5) is 10.1 Å². The number of nitrogens with zero attached hydrogens (tertiary/aromatic N) is 4. The van der Waals surface area contributed by atoms with Crippen LogP contribution in [0.1, 0.15) is 31.0 Å². The first kappa shape index (κ1) is 18.8. The number of benzene rings is 2. The van der Waals surface area contributed by atoms with Crippen molar-refractivity contribution in [2.24, 2.45) is 0 Å². The Hall–Kier alpha value is -3.22. The lowest BCUT2D eigenvalue weighted by atomic mass is 10.1. The van der Waals surface area contributed by atoms with Gasteiger partial charge in [0.05, 0.1) is 16.7 Å². The van der Waals surface area contributed by atoms with E-state index in [-0.39, 0.29) is 30.7 Å². The highest BCUT2D eigenvalue weighted by Crippen LogP contribution is 2.34. The van der Waals surface area contributed by atoms with Crippen LogP contribution in [0.25, 0.3) is 11.0 Å². The molecule has 3 heterocycles. The average molecular weight is 406 g/mol. The minimum atomic E-state index is -0.413. The summed E-state index contributed by atoms with van der Waals surface area (Å²) in [6.45, 7) is 2.15. The minimum Gasteiger partial charge on any atom is -0.341 e. The predicted octanol–water partition coefficient (Wildman–Crippen LogP) is 3.32. The summed E-state index contributed by atoms with van der Waals surface area (Å²) in [5, 5.41) is 0. The Labute approximate surface area is 173 Å². The first-order chi connectivity index (χ1) is 14.6. The fourth-order valence-corrected chi connectivity index (χ4v) is 4.56. The number of imidazole rings is 1. The molecular formula is C23H23FN4O2. The monoisotopic (exact) mass is 406 g/mol. The van der Waals surface area contributed by atoms with E-state index in [1.165, 1.54) is 11.0 Å². The first-order valence-corrected chi connectivity index (χ1v) is 10.4. The van der Waals surface area contributed by atoms with Crippen LogP contribution in [0.2, 0.25) is 0 Å². The highest BCUT2D eigenvalue weighted by molar-refractivity contribution is 5.96. The molecule has 7 heteroatoms. The molecule has 0 aliphatic carbocycles. The number of carbonyl (C=O) groups excluding carboxylic acids is 2. The molecule has 2 amide bonds. The van der Waals surface area contributed by atoms with Gasteiger partial charge in [0, 0.05) is 32.0 Å². The van der Waals surface area contributed by atoms with Crippen LogP contribution in [0, 0.1) is 5.82 Å². The second-order valence-electron chi connectivity index (χ2n) is 7.99. The number of aromatic nitrogens is 2. The molecule has 0 bridgehead atoms. The van der Waals surface area contributed by atoms with Crippen molar-refractivity contribution in [1.29, 1.82) is 0 Å². The zero-order chi connectivity index (χ0) is 20.7. The number of rotatable bonds is 4. The van der Waals surface area contributed by atoms with E-state index in [4.69, 9.17) is 4.98 Å². The number of likely N-dealkylation sites (tertiary alicyclic amines) is 1. The normalized spacial score (nSPS) is 19.2. The van der Waals surface area contributed by atoms with Gasteiger partial charge in [-0.3, -0.25) is 9.59 Å². The molecule has 6 nitrogen and oxygen atoms in total. The van der Waals surface area contributed by atoms with Crippen LogP contribution in [-0.4, -0.2) is 45.9 Å². The minimum absolute atomic E-state index is 0.0761. The van der Waals surface area contributed by atoms with Crippen LogP contribution in [0.5, 0.6) is 0 Å². The summed E-state index contributed by atoms with van der Waals surface area (Å²) in [7, 11) is 0. The zero-order valence-corrected chi connectivity index (χ0v) is 16.6. The van der Waals surface area contributed by atoms with E-state index in [0.29, 0.717) is 12.2 Å². The van der Waals surface area contributed by atoms with Crippen LogP contribution < -0.4 is 4.90 Å². The molecule has 0 radical (unpaired) electrons. The van der Waals surface area contributed by atoms with Gasteiger partial charge in [0.15, 0.2) is 0 Å². The van der Waals surface area contributed by atoms with Gasteiger partial charge in [-0.15, -0.1) is 0 Å². The smallest absolute Gasteiger partial charge is 0.242 e. The lowest BCUT2D eigenvalue weighted by Crippen LogP contribution is -2.32. The molecule has 1 atom stereocenters. The summed E-state index contributed by atoms with van der Waals surface area (Å²) in [5.74, 6) is 0.0535. The lowest BCUT2D eigenvalue weighted by molar-refractivity contribution is -0.130. The van der Waals surface area contributed by atoms with Crippen LogP contribution >= 0.6 is 0 Å². The number of para-hydroxylation sites is 3. The summed E-state index contributed by atoms with van der Waals surface area (Å²) in [4.78, 5) is 33.7. The third kappa shape index (κ3) is 3.24. The number of halogens is 1. The molecule has 2 aromatic carbocycles. The Balaban J connectivity index is 1.49. The number of carbonyl (C=O) groups is 2. The maximum Gasteiger partial charge on any atom is 0.242 e. The lowest BCUT2D eigenvalue weighted by Gasteiger charge is -2.19. The van der Waals surface area contributed by atoms with Crippen molar-refractivity contribution < 1.29 is 14.0 Å². The maximum atomic E-state index is 14.3. The van der Waals surface area contributed by atoms with Gasteiger partial charge in [0.25, 0.3) is 0 Å².